The lowest BCUT2D eigenvalue weighted by Gasteiger charge is -2.20. The second kappa shape index (κ2) is 11.6. The molecular weight excluding hydrogens is 320 g/mol. The fraction of sp³-hybridized carbons (Fsp3) is 0.208. The fourth-order valence-electron chi connectivity index (χ4n) is 2.77. The Kier molecular flexibility index (Phi) is 8.71. The Labute approximate surface area is 156 Å². The van der Waals surface area contributed by atoms with Crippen molar-refractivity contribution in [3.05, 3.63) is 103 Å². The molecule has 1 aromatic rings. The van der Waals surface area contributed by atoms with Crippen LogP contribution in [0.3, 0.4) is 0 Å². The molecule has 2 heteroatoms. The van der Waals surface area contributed by atoms with Gasteiger partial charge in [0.2, 0.25) is 0 Å². The van der Waals surface area contributed by atoms with Crippen LogP contribution in [0.4, 0.5) is 0 Å². The fourth-order valence-corrected chi connectivity index (χ4v) is 2.77. The molecule has 0 saturated heterocycles. The summed E-state index contributed by atoms with van der Waals surface area (Å²) < 4.78 is 4.65. The van der Waals surface area contributed by atoms with Crippen LogP contribution in [0.1, 0.15) is 18.4 Å². The molecule has 1 aromatic carbocycles. The van der Waals surface area contributed by atoms with Crippen LogP contribution in [0.25, 0.3) is 6.08 Å². The number of rotatable bonds is 7. The van der Waals surface area contributed by atoms with Crippen molar-refractivity contribution >= 4 is 12.0 Å². The summed E-state index contributed by atoms with van der Waals surface area (Å²) in [4.78, 5) is 11.2. The number of methoxy groups -OCH3 is 1. The van der Waals surface area contributed by atoms with E-state index in [-0.39, 0.29) is 5.97 Å². The van der Waals surface area contributed by atoms with E-state index in [1.54, 1.807) is 0 Å². The van der Waals surface area contributed by atoms with Crippen molar-refractivity contribution in [1.29, 1.82) is 0 Å². The summed E-state index contributed by atoms with van der Waals surface area (Å²) in [5, 5.41) is 0. The average Bonchev–Trinajstić information content (AvgIpc) is 2.65. The van der Waals surface area contributed by atoms with Gasteiger partial charge in [-0.25, -0.2) is 4.79 Å². The summed E-state index contributed by atoms with van der Waals surface area (Å²) in [5.41, 5.74) is 1.20. The zero-order valence-electron chi connectivity index (χ0n) is 15.2. The molecule has 1 aliphatic rings. The zero-order valence-corrected chi connectivity index (χ0v) is 15.2. The van der Waals surface area contributed by atoms with Crippen molar-refractivity contribution < 1.29 is 9.53 Å². The number of carbonyl (C=O) groups is 1. The molecule has 0 spiro atoms. The molecule has 134 valence electrons. The maximum absolute atomic E-state index is 11.2. The number of allylic oxidation sites excluding steroid dienone is 10. The lowest BCUT2D eigenvalue weighted by atomic mass is 9.85. The minimum Gasteiger partial charge on any atom is -0.466 e. The van der Waals surface area contributed by atoms with Crippen molar-refractivity contribution in [1.82, 2.24) is 0 Å². The van der Waals surface area contributed by atoms with E-state index in [4.69, 9.17) is 0 Å². The van der Waals surface area contributed by atoms with Crippen molar-refractivity contribution in [2.45, 2.75) is 12.8 Å². The Balaban J connectivity index is 1.95. The Hall–Kier alpha value is -2.87. The van der Waals surface area contributed by atoms with Crippen LogP contribution >= 0.6 is 0 Å². The van der Waals surface area contributed by atoms with Crippen molar-refractivity contribution in [2.24, 2.45) is 11.8 Å². The van der Waals surface area contributed by atoms with E-state index >= 15 is 0 Å². The van der Waals surface area contributed by atoms with Gasteiger partial charge >= 0.3 is 5.97 Å². The van der Waals surface area contributed by atoms with E-state index in [0.717, 1.165) is 12.8 Å². The molecule has 2 nitrogen and oxygen atoms in total. The quantitative estimate of drug-likeness (QED) is 0.361. The van der Waals surface area contributed by atoms with Gasteiger partial charge in [0.05, 0.1) is 7.11 Å². The second-order valence-electron chi connectivity index (χ2n) is 6.08. The van der Waals surface area contributed by atoms with E-state index in [0.29, 0.717) is 11.8 Å². The number of carbonyl (C=O) groups excluding carboxylic acids is 1. The molecule has 1 aliphatic carbocycles. The molecule has 0 N–H and O–H groups in total. The van der Waals surface area contributed by atoms with Gasteiger partial charge in [0.1, 0.15) is 0 Å². The summed E-state index contributed by atoms with van der Waals surface area (Å²) in [6.07, 6.45) is 26.3. The van der Waals surface area contributed by atoms with Crippen LogP contribution < -0.4 is 0 Å². The van der Waals surface area contributed by atoms with Crippen LogP contribution in [-0.4, -0.2) is 13.1 Å². The van der Waals surface area contributed by atoms with Gasteiger partial charge in [0.25, 0.3) is 0 Å². The molecule has 0 unspecified atom stereocenters. The summed E-state index contributed by atoms with van der Waals surface area (Å²) in [5.74, 6) is 0.428. The molecule has 0 saturated carbocycles. The van der Waals surface area contributed by atoms with Crippen molar-refractivity contribution in [2.75, 3.05) is 7.11 Å². The van der Waals surface area contributed by atoms with Gasteiger partial charge in [-0.2, -0.15) is 0 Å². The molecule has 0 aromatic heterocycles. The van der Waals surface area contributed by atoms with E-state index in [1.165, 1.54) is 18.7 Å². The molecule has 0 bridgehead atoms. The number of ether oxygens (including phenoxy) is 1. The van der Waals surface area contributed by atoms with Crippen LogP contribution in [-0.2, 0) is 9.53 Å². The molecule has 2 atom stereocenters. The van der Waals surface area contributed by atoms with Gasteiger partial charge in [-0.1, -0.05) is 97.2 Å². The first kappa shape index (κ1) is 19.5. The third kappa shape index (κ3) is 7.35. The standard InChI is InChI=1S/C24H26O2/c1-26-24(25)20-12-19-23-17-10-3-2-9-16-22(23)18-11-5-8-15-21-13-6-4-7-14-21/h2-17,20,22-23H,18-19H2,1H3/b3-2-,11-5+,15-8+,16-9-,17-10-,20-12+/t22-,23-/m0/s1. The molecule has 0 fully saturated rings. The lowest BCUT2D eigenvalue weighted by molar-refractivity contribution is -0.134. The number of hydrogen-bond donors (Lipinski definition) is 0. The highest BCUT2D eigenvalue weighted by Gasteiger charge is 2.14. The Morgan fingerprint density at radius 1 is 0.923 bits per heavy atom. The van der Waals surface area contributed by atoms with Crippen LogP contribution in [0.5, 0.6) is 0 Å². The lowest BCUT2D eigenvalue weighted by Crippen LogP contribution is -2.10. The maximum atomic E-state index is 11.2. The third-order valence-corrected chi connectivity index (χ3v) is 4.21. The monoisotopic (exact) mass is 346 g/mol. The highest BCUT2D eigenvalue weighted by Crippen LogP contribution is 2.25. The predicted octanol–water partition coefficient (Wildman–Crippen LogP) is 5.68. The SMILES string of the molecule is COC(=O)/C=C/C[C@@H]1\C=C/C=C\C=C/[C@H]1C/C=C/C=C/c1ccccc1. The molecule has 0 heterocycles. The summed E-state index contributed by atoms with van der Waals surface area (Å²) in [6.45, 7) is 0. The van der Waals surface area contributed by atoms with Crippen LogP contribution in [0, 0.1) is 11.8 Å². The summed E-state index contributed by atoms with van der Waals surface area (Å²) in [7, 11) is 1.40. The third-order valence-electron chi connectivity index (χ3n) is 4.21. The Morgan fingerprint density at radius 2 is 1.58 bits per heavy atom. The first-order valence-corrected chi connectivity index (χ1v) is 8.94. The molecule has 0 aliphatic heterocycles. The Morgan fingerprint density at radius 3 is 2.23 bits per heavy atom. The number of hydrogen-bond acceptors (Lipinski definition) is 2. The first-order valence-electron chi connectivity index (χ1n) is 8.94. The van der Waals surface area contributed by atoms with Gasteiger partial charge in [0, 0.05) is 6.08 Å². The smallest absolute Gasteiger partial charge is 0.330 e. The number of benzene rings is 1. The van der Waals surface area contributed by atoms with Crippen LogP contribution in [0.15, 0.2) is 97.2 Å². The zero-order chi connectivity index (χ0) is 18.5. The minimum atomic E-state index is -0.308. The molecule has 0 radical (unpaired) electrons. The Bertz CT molecular complexity index is 718. The van der Waals surface area contributed by atoms with E-state index in [2.05, 4.69) is 65.5 Å². The van der Waals surface area contributed by atoms with Gasteiger partial charge in [-0.3, -0.25) is 0 Å². The highest BCUT2D eigenvalue weighted by atomic mass is 16.5. The maximum Gasteiger partial charge on any atom is 0.330 e. The van der Waals surface area contributed by atoms with E-state index < -0.39 is 0 Å². The van der Waals surface area contributed by atoms with Gasteiger partial charge < -0.3 is 4.74 Å². The average molecular weight is 346 g/mol. The van der Waals surface area contributed by atoms with Gasteiger partial charge in [-0.05, 0) is 30.2 Å². The topological polar surface area (TPSA) is 26.3 Å². The van der Waals surface area contributed by atoms with Crippen molar-refractivity contribution in [3.8, 4) is 0 Å². The first-order chi connectivity index (χ1) is 12.8. The molecule has 2 rings (SSSR count). The molecular formula is C24H26O2. The molecule has 0 amide bonds. The second-order valence-corrected chi connectivity index (χ2v) is 6.08. The summed E-state index contributed by atoms with van der Waals surface area (Å²) in [6, 6.07) is 10.3. The van der Waals surface area contributed by atoms with E-state index in [1.807, 2.05) is 36.4 Å². The van der Waals surface area contributed by atoms with E-state index in [9.17, 15) is 4.79 Å². The largest absolute Gasteiger partial charge is 0.466 e. The van der Waals surface area contributed by atoms with Gasteiger partial charge in [-0.15, -0.1) is 0 Å². The molecule has 26 heavy (non-hydrogen) atoms. The highest BCUT2D eigenvalue weighted by molar-refractivity contribution is 5.81. The summed E-state index contributed by atoms with van der Waals surface area (Å²) >= 11 is 0. The number of esters is 1. The predicted molar refractivity (Wildman–Crippen MR) is 109 cm³/mol. The normalized spacial score (nSPS) is 23.7. The van der Waals surface area contributed by atoms with Crippen LogP contribution in [0.2, 0.25) is 0 Å². The van der Waals surface area contributed by atoms with Gasteiger partial charge in [0.15, 0.2) is 0 Å². The minimum absolute atomic E-state index is 0.308. The van der Waals surface area contributed by atoms with Crippen molar-refractivity contribution in [3.63, 3.8) is 0 Å².